The smallest absolute Gasteiger partial charge is 0.255 e. The highest BCUT2D eigenvalue weighted by atomic mass is 79.9. The minimum atomic E-state index is 0. The van der Waals surface area contributed by atoms with E-state index in [1.54, 1.807) is 0 Å². The van der Waals surface area contributed by atoms with Gasteiger partial charge in [-0.3, -0.25) is 0 Å². The minimum absolute atomic E-state index is 0. The van der Waals surface area contributed by atoms with Crippen LogP contribution < -0.4 is 21.5 Å². The fourth-order valence-electron chi connectivity index (χ4n) is 4.06. The molecule has 0 aliphatic carbocycles. The molecule has 0 amide bonds. The molecule has 2 aromatic carbocycles. The Morgan fingerprint density at radius 1 is 0.806 bits per heavy atom. The Labute approximate surface area is 208 Å². The lowest BCUT2D eigenvalue weighted by Gasteiger charge is -2.03. The van der Waals surface area contributed by atoms with Gasteiger partial charge in [0.2, 0.25) is 6.33 Å². The van der Waals surface area contributed by atoms with Gasteiger partial charge in [0.15, 0.2) is 0 Å². The Morgan fingerprint density at radius 2 is 1.45 bits per heavy atom. The first-order valence-corrected chi connectivity index (χ1v) is 12.4. The van der Waals surface area contributed by atoms with Crippen LogP contribution in [-0.4, -0.2) is 4.57 Å². The molecule has 0 atom stereocenters. The van der Waals surface area contributed by atoms with Crippen molar-refractivity contribution in [3.63, 3.8) is 0 Å². The molecule has 0 N–H and O–H groups in total. The van der Waals surface area contributed by atoms with Crippen LogP contribution in [0.2, 0.25) is 10.3 Å². The van der Waals surface area contributed by atoms with Crippen molar-refractivity contribution in [2.75, 3.05) is 0 Å². The summed E-state index contributed by atoms with van der Waals surface area (Å²) in [5, 5.41) is 3.87. The monoisotopic (exact) mass is 524 g/mol. The lowest BCUT2D eigenvalue weighted by atomic mass is 10.1. The summed E-state index contributed by atoms with van der Waals surface area (Å²) in [6, 6.07) is 15.1. The lowest BCUT2D eigenvalue weighted by Crippen LogP contribution is -3.00. The summed E-state index contributed by atoms with van der Waals surface area (Å²) in [6.45, 7) is 4.05. The number of imidazole rings is 1. The van der Waals surface area contributed by atoms with Crippen molar-refractivity contribution in [1.82, 2.24) is 4.57 Å². The number of rotatable bonds is 13. The standard InChI is InChI=1S/C26H35Cl2N2.BrH/c1-2-3-4-5-6-7-8-9-12-18-29-21-30(26(28)25(29)27)19-17-22-15-16-23-13-10-11-14-24(23)20-22;/h10-11,13-16,20-21H,2-9,12,17-19H2,1H3;1H/q+1;/p-1. The number of nitrogens with zero attached hydrogens (tertiary/aromatic N) is 2. The molecule has 5 heteroatoms. The molecule has 0 radical (unpaired) electrons. The van der Waals surface area contributed by atoms with E-state index in [9.17, 15) is 0 Å². The maximum absolute atomic E-state index is 6.51. The predicted molar refractivity (Wildman–Crippen MR) is 130 cm³/mol. The molecule has 0 spiro atoms. The lowest BCUT2D eigenvalue weighted by molar-refractivity contribution is -0.694. The number of unbranched alkanes of at least 4 members (excludes halogenated alkanes) is 8. The second-order valence-electron chi connectivity index (χ2n) is 8.34. The second-order valence-corrected chi connectivity index (χ2v) is 9.06. The van der Waals surface area contributed by atoms with Crippen molar-refractivity contribution in [3.8, 4) is 0 Å². The van der Waals surface area contributed by atoms with Gasteiger partial charge in [0.1, 0.15) is 0 Å². The molecule has 0 aliphatic heterocycles. The maximum atomic E-state index is 6.51. The summed E-state index contributed by atoms with van der Waals surface area (Å²) in [4.78, 5) is 0. The molecule has 0 saturated heterocycles. The van der Waals surface area contributed by atoms with Crippen LogP contribution in [-0.2, 0) is 19.5 Å². The third kappa shape index (κ3) is 8.11. The van der Waals surface area contributed by atoms with E-state index in [0.717, 1.165) is 25.9 Å². The van der Waals surface area contributed by atoms with Crippen LogP contribution in [0.4, 0.5) is 0 Å². The van der Waals surface area contributed by atoms with E-state index in [-0.39, 0.29) is 17.0 Å². The fourth-order valence-corrected chi connectivity index (χ4v) is 4.53. The Kier molecular flexibility index (Phi) is 12.0. The zero-order chi connectivity index (χ0) is 21.2. The molecule has 2 nitrogen and oxygen atoms in total. The molecule has 0 aliphatic rings. The van der Waals surface area contributed by atoms with Gasteiger partial charge in [-0.1, -0.05) is 94.3 Å². The van der Waals surface area contributed by atoms with Gasteiger partial charge >= 0.3 is 0 Å². The largest absolute Gasteiger partial charge is 1.00 e. The van der Waals surface area contributed by atoms with Gasteiger partial charge in [-0.15, -0.1) is 0 Å². The van der Waals surface area contributed by atoms with E-state index in [0.29, 0.717) is 10.3 Å². The van der Waals surface area contributed by atoms with E-state index < -0.39 is 0 Å². The van der Waals surface area contributed by atoms with Gasteiger partial charge in [-0.2, -0.15) is 0 Å². The van der Waals surface area contributed by atoms with Crippen molar-refractivity contribution in [2.45, 2.75) is 84.2 Å². The summed E-state index contributed by atoms with van der Waals surface area (Å²) in [6.07, 6.45) is 15.0. The highest BCUT2D eigenvalue weighted by Crippen LogP contribution is 2.21. The Balaban J connectivity index is 0.00000341. The Morgan fingerprint density at radius 3 is 2.16 bits per heavy atom. The van der Waals surface area contributed by atoms with Gasteiger partial charge in [0, 0.05) is 6.42 Å². The summed E-state index contributed by atoms with van der Waals surface area (Å²) in [7, 11) is 0. The topological polar surface area (TPSA) is 8.81 Å². The zero-order valence-electron chi connectivity index (χ0n) is 18.6. The second kappa shape index (κ2) is 14.2. The first kappa shape index (κ1) is 26.2. The summed E-state index contributed by atoms with van der Waals surface area (Å²) < 4.78 is 4.18. The van der Waals surface area contributed by atoms with E-state index in [2.05, 4.69) is 64.8 Å². The molecule has 170 valence electrons. The highest BCUT2D eigenvalue weighted by Gasteiger charge is 2.19. The molecule has 0 fully saturated rings. The van der Waals surface area contributed by atoms with E-state index >= 15 is 0 Å². The van der Waals surface area contributed by atoms with Crippen LogP contribution >= 0.6 is 23.2 Å². The van der Waals surface area contributed by atoms with Crippen LogP contribution in [0, 0.1) is 0 Å². The molecule has 1 aromatic heterocycles. The molecule has 0 saturated carbocycles. The van der Waals surface area contributed by atoms with Crippen molar-refractivity contribution in [1.29, 1.82) is 0 Å². The first-order chi connectivity index (χ1) is 14.7. The fraction of sp³-hybridized carbons (Fsp3) is 0.500. The molecule has 3 rings (SSSR count). The van der Waals surface area contributed by atoms with Crippen molar-refractivity contribution >= 4 is 34.0 Å². The molecule has 0 bridgehead atoms. The third-order valence-corrected chi connectivity index (χ3v) is 6.80. The van der Waals surface area contributed by atoms with Crippen LogP contribution in [0.3, 0.4) is 0 Å². The molecular weight excluding hydrogens is 491 g/mol. The first-order valence-electron chi connectivity index (χ1n) is 11.6. The number of aryl methyl sites for hydroxylation is 3. The van der Waals surface area contributed by atoms with Crippen LogP contribution in [0.1, 0.15) is 70.3 Å². The van der Waals surface area contributed by atoms with Crippen molar-refractivity contribution in [2.24, 2.45) is 0 Å². The summed E-state index contributed by atoms with van der Waals surface area (Å²) in [5.41, 5.74) is 1.32. The average molecular weight is 526 g/mol. The van der Waals surface area contributed by atoms with Gasteiger partial charge in [0.05, 0.1) is 13.1 Å². The van der Waals surface area contributed by atoms with Gasteiger partial charge in [-0.05, 0) is 52.4 Å². The van der Waals surface area contributed by atoms with Crippen molar-refractivity contribution in [3.05, 3.63) is 64.7 Å². The number of benzene rings is 2. The Bertz CT molecular complexity index is 923. The van der Waals surface area contributed by atoms with Crippen LogP contribution in [0.15, 0.2) is 48.8 Å². The van der Waals surface area contributed by atoms with Crippen LogP contribution in [0.25, 0.3) is 10.8 Å². The quantitative estimate of drug-likeness (QED) is 0.219. The third-order valence-electron chi connectivity index (χ3n) is 5.91. The predicted octanol–water partition coefficient (Wildman–Crippen LogP) is 5.01. The van der Waals surface area contributed by atoms with Gasteiger partial charge in [0.25, 0.3) is 10.3 Å². The minimum Gasteiger partial charge on any atom is -1.00 e. The number of fused-ring (bicyclic) bond motifs is 1. The number of halogens is 3. The molecular formula is C26H35BrCl2N2. The van der Waals surface area contributed by atoms with Gasteiger partial charge in [-0.25, -0.2) is 9.13 Å². The van der Waals surface area contributed by atoms with Gasteiger partial charge < -0.3 is 17.0 Å². The Hall–Kier alpha value is -1.03. The zero-order valence-corrected chi connectivity index (χ0v) is 21.7. The summed E-state index contributed by atoms with van der Waals surface area (Å²) in [5.74, 6) is 0. The van der Waals surface area contributed by atoms with Crippen LogP contribution in [0.5, 0.6) is 0 Å². The van der Waals surface area contributed by atoms with Crippen molar-refractivity contribution < 1.29 is 21.5 Å². The maximum Gasteiger partial charge on any atom is 0.255 e. The molecule has 0 unspecified atom stereocenters. The number of hydrogen-bond acceptors (Lipinski definition) is 0. The highest BCUT2D eigenvalue weighted by molar-refractivity contribution is 6.39. The molecule has 31 heavy (non-hydrogen) atoms. The molecule has 1 heterocycles. The molecule has 3 aromatic rings. The van der Waals surface area contributed by atoms with E-state index in [1.165, 1.54) is 67.7 Å². The van der Waals surface area contributed by atoms with E-state index in [4.69, 9.17) is 23.2 Å². The summed E-state index contributed by atoms with van der Waals surface area (Å²) >= 11 is 13.0. The normalized spacial score (nSPS) is 11.1. The number of hydrogen-bond donors (Lipinski definition) is 0. The average Bonchev–Trinajstić information content (AvgIpc) is 3.04. The van der Waals surface area contributed by atoms with E-state index in [1.807, 2.05) is 0 Å². The number of aromatic nitrogens is 2. The SMILES string of the molecule is CCCCCCCCCCC[n+]1cn(CCc2ccc3ccccc3c2)c(Cl)c1Cl.[Br-].